The first-order valence-electron chi connectivity index (χ1n) is 11.7. The number of carbonyl (C=O) groups excluding carboxylic acids is 3. The minimum absolute atomic E-state index is 0.126. The van der Waals surface area contributed by atoms with E-state index in [0.717, 1.165) is 24.6 Å². The van der Waals surface area contributed by atoms with E-state index >= 15 is 0 Å². The summed E-state index contributed by atoms with van der Waals surface area (Å²) in [6, 6.07) is 12.9. The Morgan fingerprint density at radius 1 is 1.24 bits per heavy atom. The fourth-order valence-corrected chi connectivity index (χ4v) is 5.40. The van der Waals surface area contributed by atoms with Gasteiger partial charge >= 0.3 is 6.03 Å². The highest BCUT2D eigenvalue weighted by Crippen LogP contribution is 2.28. The molecule has 2 saturated heterocycles. The number of ether oxygens (including phenoxy) is 1. The van der Waals surface area contributed by atoms with Crippen LogP contribution in [0.4, 0.5) is 4.79 Å². The molecule has 2 aromatic carbocycles. The topological polar surface area (TPSA) is 123 Å². The smallest absolute Gasteiger partial charge is 0.344 e. The lowest BCUT2D eigenvalue weighted by Gasteiger charge is -2.22. The van der Waals surface area contributed by atoms with Crippen molar-refractivity contribution >= 4 is 52.1 Å². The van der Waals surface area contributed by atoms with Crippen molar-refractivity contribution in [2.45, 2.75) is 43.1 Å². The molecule has 2 N–H and O–H groups in total. The zero-order valence-electron chi connectivity index (χ0n) is 19.9. The van der Waals surface area contributed by atoms with Crippen LogP contribution in [0.3, 0.4) is 0 Å². The highest BCUT2D eigenvalue weighted by molar-refractivity contribution is 7.99. The lowest BCUT2D eigenvalue weighted by Crippen LogP contribution is -2.48. The van der Waals surface area contributed by atoms with E-state index in [4.69, 9.17) is 16.3 Å². The van der Waals surface area contributed by atoms with Gasteiger partial charge in [-0.3, -0.25) is 24.4 Å². The average Bonchev–Trinajstić information content (AvgIpc) is 3.48. The van der Waals surface area contributed by atoms with Crippen LogP contribution in [0.1, 0.15) is 25.3 Å². The van der Waals surface area contributed by atoms with Gasteiger partial charge in [0.2, 0.25) is 5.91 Å². The van der Waals surface area contributed by atoms with Crippen LogP contribution in [0.25, 0.3) is 10.9 Å². The van der Waals surface area contributed by atoms with Crippen molar-refractivity contribution in [2.24, 2.45) is 0 Å². The molecule has 0 aliphatic carbocycles. The second kappa shape index (κ2) is 10.2. The number of carbonyl (C=O) groups is 3. The van der Waals surface area contributed by atoms with Crippen LogP contribution < -0.4 is 16.3 Å². The fraction of sp³-hybridized carbons (Fsp3) is 0.320. The van der Waals surface area contributed by atoms with Crippen molar-refractivity contribution in [3.05, 3.63) is 69.5 Å². The number of benzene rings is 2. The van der Waals surface area contributed by atoms with Gasteiger partial charge in [0, 0.05) is 11.6 Å². The molecule has 12 heteroatoms. The summed E-state index contributed by atoms with van der Waals surface area (Å²) in [6.45, 7) is 2.52. The molecule has 2 fully saturated rings. The maximum absolute atomic E-state index is 13.3. The minimum atomic E-state index is -1.31. The van der Waals surface area contributed by atoms with Gasteiger partial charge in [0.1, 0.15) is 5.54 Å². The van der Waals surface area contributed by atoms with Gasteiger partial charge in [-0.2, -0.15) is 5.01 Å². The van der Waals surface area contributed by atoms with E-state index in [1.165, 1.54) is 4.57 Å². The first-order chi connectivity index (χ1) is 17.8. The van der Waals surface area contributed by atoms with Crippen LogP contribution in [-0.2, 0) is 26.4 Å². The van der Waals surface area contributed by atoms with E-state index in [0.29, 0.717) is 44.8 Å². The molecule has 5 rings (SSSR count). The molecule has 3 heterocycles. The number of rotatable bonds is 7. The summed E-state index contributed by atoms with van der Waals surface area (Å²) in [5.41, 5.74) is 1.82. The molecule has 2 aliphatic heterocycles. The highest BCUT2D eigenvalue weighted by atomic mass is 35.5. The van der Waals surface area contributed by atoms with E-state index in [2.05, 4.69) is 15.7 Å². The standard InChI is InChI=1S/C25H24ClN5O5S/c1-25(15-6-3-2-4-7-15)22(34)31(23(35)28-25)29-20(32)14-37-24-27-19-12-16(26)9-10-18(19)21(33)30(24)13-17-8-5-11-36-17/h2-4,6-7,9-10,12,17H,5,8,11,13-14H2,1H3,(H,28,35)(H,29,32)/t17-,25-/m0/s1. The Hall–Kier alpha value is -3.41. The van der Waals surface area contributed by atoms with Gasteiger partial charge in [-0.15, -0.1) is 0 Å². The Kier molecular flexibility index (Phi) is 6.93. The molecule has 2 aliphatic rings. The van der Waals surface area contributed by atoms with E-state index < -0.39 is 23.4 Å². The van der Waals surface area contributed by atoms with Crippen molar-refractivity contribution in [3.63, 3.8) is 0 Å². The number of urea groups is 1. The summed E-state index contributed by atoms with van der Waals surface area (Å²) in [7, 11) is 0. The predicted octanol–water partition coefficient (Wildman–Crippen LogP) is 2.82. The second-order valence-corrected chi connectivity index (χ2v) is 10.4. The number of hydrazine groups is 1. The summed E-state index contributed by atoms with van der Waals surface area (Å²) in [5.74, 6) is -1.39. The number of aromatic nitrogens is 2. The number of imide groups is 1. The average molecular weight is 542 g/mol. The Morgan fingerprint density at radius 2 is 2.03 bits per heavy atom. The van der Waals surface area contributed by atoms with Crippen molar-refractivity contribution in [2.75, 3.05) is 12.4 Å². The largest absolute Gasteiger partial charge is 0.376 e. The molecule has 2 atom stereocenters. The number of fused-ring (bicyclic) bond motifs is 1. The normalized spacial score (nSPS) is 21.5. The molecule has 0 bridgehead atoms. The van der Waals surface area contributed by atoms with Crippen LogP contribution in [0.15, 0.2) is 58.5 Å². The summed E-state index contributed by atoms with van der Waals surface area (Å²) < 4.78 is 7.21. The van der Waals surface area contributed by atoms with E-state index in [9.17, 15) is 19.2 Å². The Labute approximate surface area is 221 Å². The summed E-state index contributed by atoms with van der Waals surface area (Å²) >= 11 is 7.13. The quantitative estimate of drug-likeness (QED) is 0.268. The monoisotopic (exact) mass is 541 g/mol. The van der Waals surface area contributed by atoms with Crippen LogP contribution in [-0.4, -0.2) is 50.9 Å². The zero-order chi connectivity index (χ0) is 26.2. The fourth-order valence-electron chi connectivity index (χ4n) is 4.43. The molecular formula is C25H24ClN5O5S. The molecule has 10 nitrogen and oxygen atoms in total. The number of thioether (sulfide) groups is 1. The van der Waals surface area contributed by atoms with Crippen LogP contribution in [0, 0.1) is 0 Å². The Balaban J connectivity index is 1.34. The SMILES string of the molecule is C[C@@]1(c2ccccc2)NC(=O)N(NC(=O)CSc2nc3cc(Cl)ccc3c(=O)n2C[C@@H]2CCCO2)C1=O. The molecule has 3 aromatic rings. The Morgan fingerprint density at radius 3 is 2.76 bits per heavy atom. The van der Waals surface area contributed by atoms with E-state index in [1.54, 1.807) is 55.5 Å². The van der Waals surface area contributed by atoms with Crippen LogP contribution in [0.2, 0.25) is 5.02 Å². The number of hydrogen-bond acceptors (Lipinski definition) is 7. The Bertz CT molecular complexity index is 1440. The van der Waals surface area contributed by atoms with Gasteiger partial charge in [-0.25, -0.2) is 9.78 Å². The van der Waals surface area contributed by atoms with Gasteiger partial charge in [0.15, 0.2) is 5.16 Å². The molecule has 0 spiro atoms. The third-order valence-electron chi connectivity index (χ3n) is 6.40. The maximum atomic E-state index is 13.3. The summed E-state index contributed by atoms with van der Waals surface area (Å²) in [5, 5.41) is 4.49. The van der Waals surface area contributed by atoms with E-state index in [-0.39, 0.29) is 17.4 Å². The number of nitrogens with zero attached hydrogens (tertiary/aromatic N) is 3. The van der Waals surface area contributed by atoms with Crippen molar-refractivity contribution < 1.29 is 19.1 Å². The molecule has 0 radical (unpaired) electrons. The van der Waals surface area contributed by atoms with Crippen molar-refractivity contribution in [1.82, 2.24) is 25.3 Å². The third kappa shape index (κ3) is 4.94. The molecular weight excluding hydrogens is 518 g/mol. The highest BCUT2D eigenvalue weighted by Gasteiger charge is 2.49. The molecule has 192 valence electrons. The summed E-state index contributed by atoms with van der Waals surface area (Å²) in [6.07, 6.45) is 1.61. The van der Waals surface area contributed by atoms with Crippen LogP contribution in [0.5, 0.6) is 0 Å². The number of amides is 4. The van der Waals surface area contributed by atoms with Gasteiger partial charge in [-0.05, 0) is 43.5 Å². The van der Waals surface area contributed by atoms with Crippen molar-refractivity contribution in [3.8, 4) is 0 Å². The first-order valence-corrected chi connectivity index (χ1v) is 13.1. The predicted molar refractivity (Wildman–Crippen MR) is 138 cm³/mol. The molecule has 0 unspecified atom stereocenters. The van der Waals surface area contributed by atoms with Gasteiger partial charge in [0.25, 0.3) is 11.5 Å². The zero-order valence-corrected chi connectivity index (χ0v) is 21.5. The molecule has 4 amide bonds. The number of hydrogen-bond donors (Lipinski definition) is 2. The number of nitrogens with one attached hydrogen (secondary N) is 2. The second-order valence-electron chi connectivity index (χ2n) is 8.99. The van der Waals surface area contributed by atoms with E-state index in [1.807, 2.05) is 0 Å². The van der Waals surface area contributed by atoms with Crippen molar-refractivity contribution in [1.29, 1.82) is 0 Å². The summed E-state index contributed by atoms with van der Waals surface area (Å²) in [4.78, 5) is 56.2. The molecule has 37 heavy (non-hydrogen) atoms. The first kappa shape index (κ1) is 25.2. The lowest BCUT2D eigenvalue weighted by molar-refractivity contribution is -0.138. The number of halogens is 1. The molecule has 0 saturated carbocycles. The van der Waals surface area contributed by atoms with Gasteiger partial charge < -0.3 is 10.1 Å². The lowest BCUT2D eigenvalue weighted by atomic mass is 9.92. The third-order valence-corrected chi connectivity index (χ3v) is 7.61. The minimum Gasteiger partial charge on any atom is -0.376 e. The van der Waals surface area contributed by atoms with Gasteiger partial charge in [0.05, 0.1) is 29.3 Å². The maximum Gasteiger partial charge on any atom is 0.344 e. The van der Waals surface area contributed by atoms with Crippen LogP contribution >= 0.6 is 23.4 Å². The van der Waals surface area contributed by atoms with Gasteiger partial charge in [-0.1, -0.05) is 53.7 Å². The molecule has 1 aromatic heterocycles.